The Labute approximate surface area is 112 Å². The summed E-state index contributed by atoms with van der Waals surface area (Å²) >= 11 is 0. The topological polar surface area (TPSA) is 40.5 Å². The van der Waals surface area contributed by atoms with Crippen LogP contribution in [0.3, 0.4) is 0 Å². The lowest BCUT2D eigenvalue weighted by atomic mass is 10.2. The lowest BCUT2D eigenvalue weighted by Gasteiger charge is -2.06. The van der Waals surface area contributed by atoms with Gasteiger partial charge < -0.3 is 14.0 Å². The predicted molar refractivity (Wildman–Crippen MR) is 74.6 cm³/mol. The third kappa shape index (κ3) is 3.43. The molecule has 0 radical (unpaired) electrons. The third-order valence-electron chi connectivity index (χ3n) is 3.06. The van der Waals surface area contributed by atoms with Gasteiger partial charge in [0.25, 0.3) is 0 Å². The second-order valence-electron chi connectivity index (χ2n) is 4.37. The molecule has 4 nitrogen and oxygen atoms in total. The molecule has 2 aromatic rings. The molecule has 0 saturated carbocycles. The van der Waals surface area contributed by atoms with Crippen molar-refractivity contribution in [3.8, 4) is 0 Å². The van der Waals surface area contributed by atoms with E-state index in [0.29, 0.717) is 13.2 Å². The molecule has 4 heteroatoms. The van der Waals surface area contributed by atoms with Crippen LogP contribution in [0.15, 0.2) is 30.5 Å². The zero-order chi connectivity index (χ0) is 13.5. The zero-order valence-electron chi connectivity index (χ0n) is 11.2. The van der Waals surface area contributed by atoms with Gasteiger partial charge in [0.15, 0.2) is 6.29 Å². The van der Waals surface area contributed by atoms with Crippen LogP contribution in [0.1, 0.15) is 16.8 Å². The molecule has 1 aromatic heterocycles. The number of ether oxygens (including phenoxy) is 2. The molecule has 1 heterocycles. The second-order valence-corrected chi connectivity index (χ2v) is 4.37. The maximum absolute atomic E-state index is 11.0. The van der Waals surface area contributed by atoms with Gasteiger partial charge in [-0.05, 0) is 12.5 Å². The molecule has 0 aliphatic rings. The van der Waals surface area contributed by atoms with Gasteiger partial charge in [-0.3, -0.25) is 4.79 Å². The van der Waals surface area contributed by atoms with Gasteiger partial charge in [-0.25, -0.2) is 0 Å². The Balaban J connectivity index is 1.95. The quantitative estimate of drug-likeness (QED) is 0.541. The van der Waals surface area contributed by atoms with Crippen LogP contribution in [0, 0.1) is 0 Å². The summed E-state index contributed by atoms with van der Waals surface area (Å²) in [5.74, 6) is 0. The predicted octanol–water partition coefficient (Wildman–Crippen LogP) is 2.51. The van der Waals surface area contributed by atoms with Crippen molar-refractivity contribution in [1.82, 2.24) is 4.57 Å². The Morgan fingerprint density at radius 1 is 1.21 bits per heavy atom. The van der Waals surface area contributed by atoms with E-state index in [1.165, 1.54) is 0 Å². The summed E-state index contributed by atoms with van der Waals surface area (Å²) in [4.78, 5) is 11.0. The molecule has 0 saturated heterocycles. The molecule has 0 fully saturated rings. The Morgan fingerprint density at radius 2 is 2.05 bits per heavy atom. The number of methoxy groups -OCH3 is 1. The second kappa shape index (κ2) is 7.07. The highest BCUT2D eigenvalue weighted by atomic mass is 16.5. The van der Waals surface area contributed by atoms with Crippen LogP contribution in [0.4, 0.5) is 0 Å². The minimum Gasteiger partial charge on any atom is -0.385 e. The van der Waals surface area contributed by atoms with Gasteiger partial charge in [-0.1, -0.05) is 18.2 Å². The van der Waals surface area contributed by atoms with Crippen molar-refractivity contribution in [3.05, 3.63) is 36.0 Å². The smallest absolute Gasteiger partial charge is 0.152 e. The largest absolute Gasteiger partial charge is 0.385 e. The van der Waals surface area contributed by atoms with Gasteiger partial charge in [0.05, 0.1) is 6.61 Å². The Hall–Kier alpha value is -1.65. The zero-order valence-corrected chi connectivity index (χ0v) is 11.2. The van der Waals surface area contributed by atoms with Crippen molar-refractivity contribution in [2.75, 3.05) is 26.9 Å². The van der Waals surface area contributed by atoms with Gasteiger partial charge in [0, 0.05) is 49.5 Å². The van der Waals surface area contributed by atoms with Crippen LogP contribution in [0.5, 0.6) is 0 Å². The molecule has 0 atom stereocenters. The van der Waals surface area contributed by atoms with E-state index in [0.717, 1.165) is 42.3 Å². The Kier molecular flexibility index (Phi) is 5.12. The maximum atomic E-state index is 11.0. The highest BCUT2D eigenvalue weighted by Crippen LogP contribution is 2.19. The molecular weight excluding hydrogens is 242 g/mol. The van der Waals surface area contributed by atoms with Crippen molar-refractivity contribution in [2.45, 2.75) is 13.0 Å². The summed E-state index contributed by atoms with van der Waals surface area (Å²) in [7, 11) is 1.69. The van der Waals surface area contributed by atoms with E-state index in [1.54, 1.807) is 7.11 Å². The summed E-state index contributed by atoms with van der Waals surface area (Å²) in [5, 5.41) is 0.997. The molecule has 2 rings (SSSR count). The number of aromatic nitrogens is 1. The fourth-order valence-electron chi connectivity index (χ4n) is 2.12. The monoisotopic (exact) mass is 261 g/mol. The normalized spacial score (nSPS) is 11.0. The first-order chi connectivity index (χ1) is 9.36. The number of nitrogens with zero attached hydrogens (tertiary/aromatic N) is 1. The SMILES string of the molecule is COCCCOCCn1cc(C=O)c2ccccc21. The average Bonchev–Trinajstić information content (AvgIpc) is 2.81. The summed E-state index contributed by atoms with van der Waals surface area (Å²) in [6.45, 7) is 2.82. The first-order valence-corrected chi connectivity index (χ1v) is 6.46. The average molecular weight is 261 g/mol. The highest BCUT2D eigenvalue weighted by molar-refractivity contribution is 5.97. The molecular formula is C15H19NO3. The van der Waals surface area contributed by atoms with Gasteiger partial charge >= 0.3 is 0 Å². The van der Waals surface area contributed by atoms with Crippen LogP contribution >= 0.6 is 0 Å². The molecule has 0 spiro atoms. The molecule has 0 unspecified atom stereocenters. The van der Waals surface area contributed by atoms with E-state index < -0.39 is 0 Å². The third-order valence-corrected chi connectivity index (χ3v) is 3.06. The summed E-state index contributed by atoms with van der Waals surface area (Å²) in [6.07, 6.45) is 3.69. The van der Waals surface area contributed by atoms with Crippen molar-refractivity contribution < 1.29 is 14.3 Å². The number of carbonyl (C=O) groups excluding carboxylic acids is 1. The minimum absolute atomic E-state index is 0.640. The van der Waals surface area contributed by atoms with Crippen molar-refractivity contribution in [3.63, 3.8) is 0 Å². The fourth-order valence-corrected chi connectivity index (χ4v) is 2.12. The van der Waals surface area contributed by atoms with E-state index in [1.807, 2.05) is 30.5 Å². The lowest BCUT2D eigenvalue weighted by molar-refractivity contribution is 0.0981. The van der Waals surface area contributed by atoms with E-state index in [-0.39, 0.29) is 0 Å². The number of hydrogen-bond donors (Lipinski definition) is 0. The van der Waals surface area contributed by atoms with E-state index in [2.05, 4.69) is 4.57 Å². The molecule has 0 amide bonds. The lowest BCUT2D eigenvalue weighted by Crippen LogP contribution is -2.07. The van der Waals surface area contributed by atoms with Gasteiger partial charge in [-0.15, -0.1) is 0 Å². The number of benzene rings is 1. The van der Waals surface area contributed by atoms with Crippen molar-refractivity contribution in [1.29, 1.82) is 0 Å². The molecule has 0 bridgehead atoms. The molecule has 19 heavy (non-hydrogen) atoms. The van der Waals surface area contributed by atoms with Gasteiger partial charge in [-0.2, -0.15) is 0 Å². The fraction of sp³-hybridized carbons (Fsp3) is 0.400. The first-order valence-electron chi connectivity index (χ1n) is 6.46. The summed E-state index contributed by atoms with van der Waals surface area (Å²) in [5.41, 5.74) is 1.81. The molecule has 102 valence electrons. The number of aldehydes is 1. The number of fused-ring (bicyclic) bond motifs is 1. The van der Waals surface area contributed by atoms with E-state index in [9.17, 15) is 4.79 Å². The first kappa shape index (κ1) is 13.8. The minimum atomic E-state index is 0.640. The number of rotatable bonds is 8. The van der Waals surface area contributed by atoms with Gasteiger partial charge in [0.2, 0.25) is 0 Å². The van der Waals surface area contributed by atoms with Crippen LogP contribution < -0.4 is 0 Å². The van der Waals surface area contributed by atoms with Crippen LogP contribution in [-0.4, -0.2) is 37.8 Å². The standard InChI is InChI=1S/C15H19NO3/c1-18-8-4-9-19-10-7-16-11-13(12-17)14-5-2-3-6-15(14)16/h2-3,5-6,11-12H,4,7-10H2,1H3. The Bertz CT molecular complexity index is 533. The molecule has 0 aliphatic carbocycles. The van der Waals surface area contributed by atoms with Crippen LogP contribution in [-0.2, 0) is 16.0 Å². The summed E-state index contributed by atoms with van der Waals surface area (Å²) in [6, 6.07) is 7.91. The number of carbonyl (C=O) groups is 1. The number of hydrogen-bond acceptors (Lipinski definition) is 3. The van der Waals surface area contributed by atoms with Crippen molar-refractivity contribution >= 4 is 17.2 Å². The van der Waals surface area contributed by atoms with Gasteiger partial charge in [0.1, 0.15) is 0 Å². The van der Waals surface area contributed by atoms with Crippen molar-refractivity contribution in [2.24, 2.45) is 0 Å². The Morgan fingerprint density at radius 3 is 2.84 bits per heavy atom. The maximum Gasteiger partial charge on any atom is 0.152 e. The molecule has 0 aliphatic heterocycles. The van der Waals surface area contributed by atoms with E-state index in [4.69, 9.17) is 9.47 Å². The van der Waals surface area contributed by atoms with Crippen LogP contribution in [0.25, 0.3) is 10.9 Å². The highest BCUT2D eigenvalue weighted by Gasteiger charge is 2.06. The van der Waals surface area contributed by atoms with Crippen LogP contribution in [0.2, 0.25) is 0 Å². The number of para-hydroxylation sites is 1. The molecule has 1 aromatic carbocycles. The summed E-state index contributed by atoms with van der Waals surface area (Å²) < 4.78 is 12.6. The molecule has 0 N–H and O–H groups in total. The van der Waals surface area contributed by atoms with E-state index >= 15 is 0 Å².